The van der Waals surface area contributed by atoms with E-state index in [9.17, 15) is 4.79 Å². The Kier molecular flexibility index (Phi) is 4.03. The lowest BCUT2D eigenvalue weighted by Crippen LogP contribution is -2.47. The predicted molar refractivity (Wildman–Crippen MR) is 73.4 cm³/mol. The summed E-state index contributed by atoms with van der Waals surface area (Å²) in [4.78, 5) is 14.3. The van der Waals surface area contributed by atoms with Gasteiger partial charge in [-0.3, -0.25) is 4.79 Å². The molecule has 1 aliphatic heterocycles. The van der Waals surface area contributed by atoms with Gasteiger partial charge < -0.3 is 10.2 Å². The number of piperidine rings is 1. The predicted octanol–water partition coefficient (Wildman–Crippen LogP) is 1.69. The third-order valence-electron chi connectivity index (χ3n) is 4.40. The van der Waals surface area contributed by atoms with Gasteiger partial charge in [0.1, 0.15) is 0 Å². The maximum absolute atomic E-state index is 12.0. The second-order valence-corrected chi connectivity index (χ2v) is 6.27. The van der Waals surface area contributed by atoms with E-state index in [1.807, 2.05) is 0 Å². The minimum absolute atomic E-state index is 0.235. The Morgan fingerprint density at radius 3 is 2.76 bits per heavy atom. The molecule has 0 spiro atoms. The zero-order valence-corrected chi connectivity index (χ0v) is 11.8. The van der Waals surface area contributed by atoms with E-state index in [-0.39, 0.29) is 11.3 Å². The second-order valence-electron chi connectivity index (χ2n) is 5.95. The van der Waals surface area contributed by atoms with Gasteiger partial charge in [0.05, 0.1) is 0 Å². The van der Waals surface area contributed by atoms with Gasteiger partial charge in [0.15, 0.2) is 0 Å². The summed E-state index contributed by atoms with van der Waals surface area (Å²) >= 11 is 4.34. The molecule has 17 heavy (non-hydrogen) atoms. The Morgan fingerprint density at radius 1 is 1.53 bits per heavy atom. The molecule has 1 saturated heterocycles. The van der Waals surface area contributed by atoms with Crippen LogP contribution in [0, 0.1) is 5.41 Å². The smallest absolute Gasteiger partial charge is 0.220 e. The maximum atomic E-state index is 12.0. The first-order valence-corrected chi connectivity index (χ1v) is 7.28. The van der Waals surface area contributed by atoms with Crippen LogP contribution in [0.25, 0.3) is 0 Å². The van der Waals surface area contributed by atoms with Crippen LogP contribution in [0.3, 0.4) is 0 Å². The summed E-state index contributed by atoms with van der Waals surface area (Å²) < 4.78 is 0. The molecule has 2 unspecified atom stereocenters. The van der Waals surface area contributed by atoms with Crippen LogP contribution in [-0.2, 0) is 4.79 Å². The minimum atomic E-state index is 0.235. The van der Waals surface area contributed by atoms with Crippen molar-refractivity contribution in [1.82, 2.24) is 10.2 Å². The largest absolute Gasteiger partial charge is 0.353 e. The SMILES string of the molecule is CC1CC(NC(=O)CC2(CS)CC2)CCN1C. The molecule has 3 nitrogen and oxygen atoms in total. The number of carbonyl (C=O) groups excluding carboxylic acids is 1. The topological polar surface area (TPSA) is 32.3 Å². The van der Waals surface area contributed by atoms with Gasteiger partial charge in [0.25, 0.3) is 0 Å². The molecule has 4 heteroatoms. The molecule has 1 aliphatic carbocycles. The van der Waals surface area contributed by atoms with Crippen LogP contribution in [0.1, 0.15) is 39.0 Å². The molecular formula is C13H24N2OS. The van der Waals surface area contributed by atoms with Gasteiger partial charge in [-0.2, -0.15) is 12.6 Å². The number of likely N-dealkylation sites (tertiary alicyclic amines) is 1. The van der Waals surface area contributed by atoms with Crippen LogP contribution in [0.15, 0.2) is 0 Å². The normalized spacial score (nSPS) is 32.2. The fourth-order valence-corrected chi connectivity index (χ4v) is 3.04. The number of rotatable bonds is 4. The average Bonchev–Trinajstić information content (AvgIpc) is 3.04. The number of carbonyl (C=O) groups is 1. The molecule has 2 rings (SSSR count). The second kappa shape index (κ2) is 5.19. The Morgan fingerprint density at radius 2 is 2.24 bits per heavy atom. The lowest BCUT2D eigenvalue weighted by Gasteiger charge is -2.35. The molecule has 1 amide bonds. The third-order valence-corrected chi connectivity index (χ3v) is 5.07. The highest BCUT2D eigenvalue weighted by atomic mass is 32.1. The van der Waals surface area contributed by atoms with Crippen molar-refractivity contribution >= 4 is 18.5 Å². The highest BCUT2D eigenvalue weighted by molar-refractivity contribution is 7.80. The number of hydrogen-bond donors (Lipinski definition) is 2. The van der Waals surface area contributed by atoms with E-state index in [1.165, 1.54) is 12.8 Å². The number of hydrogen-bond acceptors (Lipinski definition) is 3. The molecule has 2 atom stereocenters. The monoisotopic (exact) mass is 256 g/mol. The molecule has 0 aromatic rings. The first-order valence-electron chi connectivity index (χ1n) is 6.65. The Labute approximate surface area is 110 Å². The van der Waals surface area contributed by atoms with Gasteiger partial charge in [-0.25, -0.2) is 0 Å². The van der Waals surface area contributed by atoms with Crippen molar-refractivity contribution in [2.45, 2.75) is 51.1 Å². The van der Waals surface area contributed by atoms with E-state index in [4.69, 9.17) is 0 Å². The van der Waals surface area contributed by atoms with E-state index in [0.717, 1.165) is 25.1 Å². The van der Waals surface area contributed by atoms with Crippen LogP contribution in [0.4, 0.5) is 0 Å². The maximum Gasteiger partial charge on any atom is 0.220 e. The summed E-state index contributed by atoms with van der Waals surface area (Å²) in [6.45, 7) is 3.32. The lowest BCUT2D eigenvalue weighted by molar-refractivity contribution is -0.123. The first kappa shape index (κ1) is 13.2. The van der Waals surface area contributed by atoms with Crippen molar-refractivity contribution in [3.05, 3.63) is 0 Å². The summed E-state index contributed by atoms with van der Waals surface area (Å²) in [5.41, 5.74) is 0.240. The highest BCUT2D eigenvalue weighted by Crippen LogP contribution is 2.49. The van der Waals surface area contributed by atoms with Crippen molar-refractivity contribution in [1.29, 1.82) is 0 Å². The summed E-state index contributed by atoms with van der Waals surface area (Å²) in [5.74, 6) is 1.09. The van der Waals surface area contributed by atoms with E-state index < -0.39 is 0 Å². The standard InChI is InChI=1S/C13H24N2OS/c1-10-7-11(3-6-15(10)2)14-12(16)8-13(9-17)4-5-13/h10-11,17H,3-9H2,1-2H3,(H,14,16). The lowest BCUT2D eigenvalue weighted by atomic mass is 9.98. The van der Waals surface area contributed by atoms with Crippen LogP contribution in [0.5, 0.6) is 0 Å². The molecule has 98 valence electrons. The van der Waals surface area contributed by atoms with Crippen molar-refractivity contribution in [2.75, 3.05) is 19.3 Å². The molecule has 2 fully saturated rings. The van der Waals surface area contributed by atoms with Crippen LogP contribution in [-0.4, -0.2) is 42.2 Å². The molecule has 1 N–H and O–H groups in total. The van der Waals surface area contributed by atoms with Gasteiger partial charge in [-0.1, -0.05) is 0 Å². The molecular weight excluding hydrogens is 232 g/mol. The van der Waals surface area contributed by atoms with Crippen LogP contribution < -0.4 is 5.32 Å². The van der Waals surface area contributed by atoms with E-state index in [2.05, 4.69) is 36.8 Å². The number of thiol groups is 1. The number of nitrogens with zero attached hydrogens (tertiary/aromatic N) is 1. The average molecular weight is 256 g/mol. The van der Waals surface area contributed by atoms with Crippen molar-refractivity contribution in [3.63, 3.8) is 0 Å². The summed E-state index contributed by atoms with van der Waals surface area (Å²) in [7, 11) is 2.16. The van der Waals surface area contributed by atoms with Gasteiger partial charge in [-0.15, -0.1) is 0 Å². The van der Waals surface area contributed by atoms with Gasteiger partial charge in [0.2, 0.25) is 5.91 Å². The minimum Gasteiger partial charge on any atom is -0.353 e. The molecule has 0 bridgehead atoms. The Bertz CT molecular complexity index is 291. The molecule has 1 heterocycles. The number of amides is 1. The summed E-state index contributed by atoms with van der Waals surface area (Å²) in [6, 6.07) is 0.957. The quantitative estimate of drug-likeness (QED) is 0.750. The summed E-state index contributed by atoms with van der Waals surface area (Å²) in [6.07, 6.45) is 5.19. The fourth-order valence-electron chi connectivity index (χ4n) is 2.61. The van der Waals surface area contributed by atoms with Crippen LogP contribution >= 0.6 is 12.6 Å². The molecule has 0 aromatic heterocycles. The Balaban J connectivity index is 1.75. The molecule has 0 radical (unpaired) electrons. The summed E-state index contributed by atoms with van der Waals surface area (Å²) in [5, 5.41) is 3.20. The molecule has 2 aliphatic rings. The highest BCUT2D eigenvalue weighted by Gasteiger charge is 2.43. The fraction of sp³-hybridized carbons (Fsp3) is 0.923. The first-order chi connectivity index (χ1) is 8.04. The van der Waals surface area contributed by atoms with E-state index in [0.29, 0.717) is 18.5 Å². The van der Waals surface area contributed by atoms with Crippen molar-refractivity contribution < 1.29 is 4.79 Å². The van der Waals surface area contributed by atoms with Gasteiger partial charge in [-0.05, 0) is 50.8 Å². The molecule has 0 aromatic carbocycles. The van der Waals surface area contributed by atoms with Gasteiger partial charge >= 0.3 is 0 Å². The van der Waals surface area contributed by atoms with E-state index in [1.54, 1.807) is 0 Å². The third kappa shape index (κ3) is 3.38. The van der Waals surface area contributed by atoms with Crippen molar-refractivity contribution in [2.24, 2.45) is 5.41 Å². The van der Waals surface area contributed by atoms with Gasteiger partial charge in [0, 0.05) is 25.0 Å². The van der Waals surface area contributed by atoms with E-state index >= 15 is 0 Å². The van der Waals surface area contributed by atoms with Crippen LogP contribution in [0.2, 0.25) is 0 Å². The zero-order valence-electron chi connectivity index (χ0n) is 10.9. The van der Waals surface area contributed by atoms with Crippen molar-refractivity contribution in [3.8, 4) is 0 Å². The Hall–Kier alpha value is -0.220. The zero-order chi connectivity index (χ0) is 12.5. The number of nitrogens with one attached hydrogen (secondary N) is 1. The molecule has 1 saturated carbocycles.